The molecule has 8 heteroatoms. The molecule has 0 saturated heterocycles. The van der Waals surface area contributed by atoms with Crippen molar-refractivity contribution in [3.63, 3.8) is 0 Å². The number of rotatable bonds is 2. The molecule has 6 nitrogen and oxygen atoms in total. The topological polar surface area (TPSA) is 85.6 Å². The molecule has 2 aromatic carbocycles. The zero-order valence-electron chi connectivity index (χ0n) is 12.4. The van der Waals surface area contributed by atoms with E-state index in [0.29, 0.717) is 15.4 Å². The van der Waals surface area contributed by atoms with Crippen LogP contribution in [0.4, 0.5) is 4.79 Å². The van der Waals surface area contributed by atoms with Gasteiger partial charge in [0.05, 0.1) is 4.47 Å². The Balaban J connectivity index is 1.85. The van der Waals surface area contributed by atoms with E-state index in [1.165, 1.54) is 6.07 Å². The van der Waals surface area contributed by atoms with Crippen LogP contribution in [0.3, 0.4) is 0 Å². The lowest BCUT2D eigenvalue weighted by Gasteiger charge is -2.06. The SMILES string of the molecule is O=C(NC(=O)c1cc2cc(Br)cc(Br)c2oc1=O)Oc1ccccc1. The van der Waals surface area contributed by atoms with Crippen molar-refractivity contribution >= 4 is 54.8 Å². The molecule has 1 N–H and O–H groups in total. The van der Waals surface area contributed by atoms with E-state index in [1.54, 1.807) is 42.5 Å². The molecule has 0 bridgehead atoms. The normalized spacial score (nSPS) is 10.5. The van der Waals surface area contributed by atoms with Gasteiger partial charge in [0.25, 0.3) is 5.91 Å². The van der Waals surface area contributed by atoms with Gasteiger partial charge in [0, 0.05) is 9.86 Å². The fourth-order valence-electron chi connectivity index (χ4n) is 2.10. The number of fused-ring (bicyclic) bond motifs is 1. The van der Waals surface area contributed by atoms with Gasteiger partial charge in [0.1, 0.15) is 11.3 Å². The largest absolute Gasteiger partial charge is 0.421 e. The number of para-hydroxylation sites is 1. The monoisotopic (exact) mass is 465 g/mol. The summed E-state index contributed by atoms with van der Waals surface area (Å²) in [5.74, 6) is -0.640. The Morgan fingerprint density at radius 2 is 1.76 bits per heavy atom. The lowest BCUT2D eigenvalue weighted by Crippen LogP contribution is -2.35. The van der Waals surface area contributed by atoms with Gasteiger partial charge >= 0.3 is 11.7 Å². The second kappa shape index (κ2) is 7.20. The van der Waals surface area contributed by atoms with Gasteiger partial charge in [-0.15, -0.1) is 0 Å². The minimum absolute atomic E-state index is 0.270. The highest BCUT2D eigenvalue weighted by Gasteiger charge is 2.18. The summed E-state index contributed by atoms with van der Waals surface area (Å²) in [5, 5.41) is 2.51. The third kappa shape index (κ3) is 3.97. The summed E-state index contributed by atoms with van der Waals surface area (Å²) < 4.78 is 11.4. The minimum Gasteiger partial charge on any atom is -0.421 e. The zero-order chi connectivity index (χ0) is 18.0. The number of imide groups is 1. The molecule has 0 aliphatic carbocycles. The van der Waals surface area contributed by atoms with Crippen molar-refractivity contribution in [3.05, 3.63) is 73.5 Å². The molecule has 0 atom stereocenters. The van der Waals surface area contributed by atoms with Gasteiger partial charge in [-0.2, -0.15) is 0 Å². The number of hydrogen-bond donors (Lipinski definition) is 1. The predicted molar refractivity (Wildman–Crippen MR) is 97.8 cm³/mol. The molecule has 0 saturated carbocycles. The molecular formula is C17H9Br2NO5. The first kappa shape index (κ1) is 17.4. The molecule has 0 fully saturated rings. The molecule has 0 radical (unpaired) electrons. The summed E-state index contributed by atoms with van der Waals surface area (Å²) in [6.45, 7) is 0. The number of benzene rings is 2. The zero-order valence-corrected chi connectivity index (χ0v) is 15.6. The lowest BCUT2D eigenvalue weighted by atomic mass is 10.2. The Morgan fingerprint density at radius 3 is 2.48 bits per heavy atom. The van der Waals surface area contributed by atoms with E-state index >= 15 is 0 Å². The Labute approximate surface area is 158 Å². The number of hydrogen-bond acceptors (Lipinski definition) is 5. The van der Waals surface area contributed by atoms with Gasteiger partial charge in [-0.25, -0.2) is 9.59 Å². The molecule has 3 rings (SSSR count). The highest BCUT2D eigenvalue weighted by Crippen LogP contribution is 2.28. The summed E-state index contributed by atoms with van der Waals surface area (Å²) in [6, 6.07) is 13.0. The second-order valence-electron chi connectivity index (χ2n) is 4.91. The van der Waals surface area contributed by atoms with Crippen molar-refractivity contribution in [3.8, 4) is 5.75 Å². The molecule has 0 aliphatic rings. The van der Waals surface area contributed by atoms with Crippen LogP contribution in [-0.2, 0) is 0 Å². The average molecular weight is 467 g/mol. The summed E-state index contributed by atoms with van der Waals surface area (Å²) >= 11 is 6.60. The number of carbonyl (C=O) groups excluding carboxylic acids is 2. The fraction of sp³-hybridized carbons (Fsp3) is 0. The Morgan fingerprint density at radius 1 is 1.04 bits per heavy atom. The van der Waals surface area contributed by atoms with Crippen molar-refractivity contribution < 1.29 is 18.7 Å². The van der Waals surface area contributed by atoms with E-state index in [-0.39, 0.29) is 11.3 Å². The van der Waals surface area contributed by atoms with Gasteiger partial charge < -0.3 is 9.15 Å². The molecule has 3 aromatic rings. The number of nitrogens with one attached hydrogen (secondary N) is 1. The van der Waals surface area contributed by atoms with E-state index in [0.717, 1.165) is 4.47 Å². The lowest BCUT2D eigenvalue weighted by molar-refractivity contribution is 0.0947. The number of carbonyl (C=O) groups is 2. The Bertz CT molecular complexity index is 1030. The summed E-state index contributed by atoms with van der Waals surface area (Å²) in [7, 11) is 0. The quantitative estimate of drug-likeness (QED) is 0.570. The van der Waals surface area contributed by atoms with Crippen LogP contribution in [0.1, 0.15) is 10.4 Å². The van der Waals surface area contributed by atoms with Crippen molar-refractivity contribution in [1.82, 2.24) is 5.32 Å². The van der Waals surface area contributed by atoms with Gasteiger partial charge in [-0.05, 0) is 46.3 Å². The number of halogens is 2. The maximum absolute atomic E-state index is 12.2. The van der Waals surface area contributed by atoms with E-state index < -0.39 is 17.6 Å². The van der Waals surface area contributed by atoms with Gasteiger partial charge in [0.2, 0.25) is 0 Å². The van der Waals surface area contributed by atoms with Crippen molar-refractivity contribution in [2.75, 3.05) is 0 Å². The second-order valence-corrected chi connectivity index (χ2v) is 6.68. The predicted octanol–water partition coefficient (Wildman–Crippen LogP) is 4.25. The van der Waals surface area contributed by atoms with Crippen molar-refractivity contribution in [2.24, 2.45) is 0 Å². The fourth-order valence-corrected chi connectivity index (χ4v) is 3.44. The van der Waals surface area contributed by atoms with Crippen LogP contribution in [-0.4, -0.2) is 12.0 Å². The van der Waals surface area contributed by atoms with Crippen molar-refractivity contribution in [2.45, 2.75) is 0 Å². The molecule has 1 heterocycles. The average Bonchev–Trinajstić information content (AvgIpc) is 2.55. The summed E-state index contributed by atoms with van der Waals surface area (Å²) in [6.07, 6.45) is -0.994. The highest BCUT2D eigenvalue weighted by molar-refractivity contribution is 9.11. The smallest absolute Gasteiger partial charge is 0.419 e. The van der Waals surface area contributed by atoms with E-state index in [9.17, 15) is 14.4 Å². The molecule has 0 unspecified atom stereocenters. The maximum atomic E-state index is 12.2. The van der Waals surface area contributed by atoms with Crippen molar-refractivity contribution in [1.29, 1.82) is 0 Å². The first-order valence-electron chi connectivity index (χ1n) is 6.95. The van der Waals surface area contributed by atoms with E-state index in [2.05, 4.69) is 31.9 Å². The Kier molecular flexibility index (Phi) is 5.00. The maximum Gasteiger partial charge on any atom is 0.419 e. The van der Waals surface area contributed by atoms with Crippen LogP contribution in [0.25, 0.3) is 11.0 Å². The van der Waals surface area contributed by atoms with Crippen LogP contribution >= 0.6 is 31.9 Å². The number of amides is 2. The van der Waals surface area contributed by atoms with Crippen LogP contribution in [0.15, 0.2) is 66.7 Å². The first-order valence-corrected chi connectivity index (χ1v) is 8.54. The third-order valence-corrected chi connectivity index (χ3v) is 4.21. The standard InChI is InChI=1S/C17H9Br2NO5/c18-10-6-9-7-12(16(22)25-14(9)13(19)8-10)15(21)20-17(23)24-11-4-2-1-3-5-11/h1-8H,(H,20,21,23). The van der Waals surface area contributed by atoms with Crippen LogP contribution in [0, 0.1) is 0 Å². The van der Waals surface area contributed by atoms with Gasteiger partial charge in [-0.1, -0.05) is 34.1 Å². The van der Waals surface area contributed by atoms with Crippen LogP contribution in [0.2, 0.25) is 0 Å². The van der Waals surface area contributed by atoms with Crippen LogP contribution in [0.5, 0.6) is 5.75 Å². The van der Waals surface area contributed by atoms with E-state index in [1.807, 2.05) is 5.32 Å². The summed E-state index contributed by atoms with van der Waals surface area (Å²) in [4.78, 5) is 36.0. The molecule has 2 amide bonds. The Hall–Kier alpha value is -2.45. The van der Waals surface area contributed by atoms with Gasteiger partial charge in [-0.3, -0.25) is 10.1 Å². The molecule has 0 spiro atoms. The van der Waals surface area contributed by atoms with Gasteiger partial charge in [0.15, 0.2) is 5.58 Å². The highest BCUT2D eigenvalue weighted by atomic mass is 79.9. The van der Waals surface area contributed by atoms with Crippen LogP contribution < -0.4 is 15.7 Å². The van der Waals surface area contributed by atoms with E-state index in [4.69, 9.17) is 9.15 Å². The minimum atomic E-state index is -0.994. The molecular weight excluding hydrogens is 458 g/mol. The first-order chi connectivity index (χ1) is 11.9. The molecule has 1 aromatic heterocycles. The summed E-state index contributed by atoms with van der Waals surface area (Å²) in [5.41, 5.74) is -0.861. The number of ether oxygens (including phenoxy) is 1. The molecule has 126 valence electrons. The molecule has 0 aliphatic heterocycles. The third-order valence-electron chi connectivity index (χ3n) is 3.17. The molecule has 25 heavy (non-hydrogen) atoms.